The number of likely N-dealkylation sites (tertiary alicyclic amines) is 1. The van der Waals surface area contributed by atoms with Gasteiger partial charge < -0.3 is 15.1 Å². The Labute approximate surface area is 115 Å². The highest BCUT2D eigenvalue weighted by Gasteiger charge is 2.34. The molecule has 5 heteroatoms. The van der Waals surface area contributed by atoms with Gasteiger partial charge in [-0.2, -0.15) is 0 Å². The average molecular weight is 267 g/mol. The van der Waals surface area contributed by atoms with E-state index < -0.39 is 0 Å². The van der Waals surface area contributed by atoms with Crippen LogP contribution >= 0.6 is 0 Å². The molecule has 0 aromatic carbocycles. The summed E-state index contributed by atoms with van der Waals surface area (Å²) in [5.74, 6) is 0.302. The molecule has 2 heterocycles. The number of piperidine rings is 1. The first-order chi connectivity index (χ1) is 9.00. The van der Waals surface area contributed by atoms with Gasteiger partial charge >= 0.3 is 0 Å². The van der Waals surface area contributed by atoms with Crippen molar-refractivity contribution >= 4 is 11.8 Å². The van der Waals surface area contributed by atoms with Gasteiger partial charge in [-0.15, -0.1) is 0 Å². The fraction of sp³-hybridized carbons (Fsp3) is 0.857. The molecule has 0 radical (unpaired) electrons. The Morgan fingerprint density at radius 3 is 2.63 bits per heavy atom. The number of hydrogen-bond acceptors (Lipinski definition) is 3. The maximum Gasteiger partial charge on any atom is 0.227 e. The van der Waals surface area contributed by atoms with Gasteiger partial charge in [-0.3, -0.25) is 9.59 Å². The van der Waals surface area contributed by atoms with E-state index in [9.17, 15) is 9.59 Å². The second-order valence-corrected chi connectivity index (χ2v) is 5.82. The standard InChI is InChI=1S/C14H25N3O2/c1-10-11(2)17(8-6-15-10)14(19)13-5-4-7-16(9-13)12(3)18/h10-11,13,15H,4-9H2,1-3H3. The van der Waals surface area contributed by atoms with Gasteiger partial charge in [-0.25, -0.2) is 0 Å². The monoisotopic (exact) mass is 267 g/mol. The van der Waals surface area contributed by atoms with Gasteiger partial charge in [0.25, 0.3) is 0 Å². The van der Waals surface area contributed by atoms with Crippen molar-refractivity contribution in [2.45, 2.75) is 45.7 Å². The molecule has 2 aliphatic heterocycles. The lowest BCUT2D eigenvalue weighted by Gasteiger charge is -2.42. The number of carbonyl (C=O) groups excluding carboxylic acids is 2. The van der Waals surface area contributed by atoms with Crippen LogP contribution in [-0.2, 0) is 9.59 Å². The number of nitrogens with zero attached hydrogens (tertiary/aromatic N) is 2. The minimum Gasteiger partial charge on any atom is -0.342 e. The first kappa shape index (κ1) is 14.3. The molecule has 0 saturated carbocycles. The number of hydrogen-bond donors (Lipinski definition) is 1. The van der Waals surface area contributed by atoms with Gasteiger partial charge in [0.05, 0.1) is 5.92 Å². The number of piperazine rings is 1. The smallest absolute Gasteiger partial charge is 0.227 e. The summed E-state index contributed by atoms with van der Waals surface area (Å²) in [5, 5.41) is 3.39. The van der Waals surface area contributed by atoms with Crippen LogP contribution in [0.1, 0.15) is 33.6 Å². The quantitative estimate of drug-likeness (QED) is 0.750. The van der Waals surface area contributed by atoms with Crippen LogP contribution < -0.4 is 5.32 Å². The van der Waals surface area contributed by atoms with Crippen molar-refractivity contribution in [3.8, 4) is 0 Å². The summed E-state index contributed by atoms with van der Waals surface area (Å²) in [7, 11) is 0. The van der Waals surface area contributed by atoms with E-state index in [0.717, 1.165) is 32.5 Å². The molecule has 5 nitrogen and oxygen atoms in total. The summed E-state index contributed by atoms with van der Waals surface area (Å²) in [4.78, 5) is 27.9. The fourth-order valence-corrected chi connectivity index (χ4v) is 3.07. The third-order valence-corrected chi connectivity index (χ3v) is 4.53. The molecule has 0 aromatic rings. The molecule has 0 bridgehead atoms. The second-order valence-electron chi connectivity index (χ2n) is 5.82. The molecule has 2 amide bonds. The van der Waals surface area contributed by atoms with Crippen molar-refractivity contribution in [1.82, 2.24) is 15.1 Å². The molecule has 2 rings (SSSR count). The van der Waals surface area contributed by atoms with E-state index in [0.29, 0.717) is 12.6 Å². The second kappa shape index (κ2) is 5.90. The van der Waals surface area contributed by atoms with E-state index in [1.54, 1.807) is 6.92 Å². The zero-order valence-electron chi connectivity index (χ0n) is 12.2. The third-order valence-electron chi connectivity index (χ3n) is 4.53. The van der Waals surface area contributed by atoms with Crippen molar-refractivity contribution in [3.63, 3.8) is 0 Å². The lowest BCUT2D eigenvalue weighted by atomic mass is 9.94. The van der Waals surface area contributed by atoms with Crippen LogP contribution in [0.5, 0.6) is 0 Å². The van der Waals surface area contributed by atoms with Crippen LogP contribution in [-0.4, -0.2) is 59.9 Å². The summed E-state index contributed by atoms with van der Waals surface area (Å²) in [6.07, 6.45) is 1.85. The van der Waals surface area contributed by atoms with Gasteiger partial charge in [0, 0.05) is 45.2 Å². The van der Waals surface area contributed by atoms with Crippen LogP contribution in [0.4, 0.5) is 0 Å². The summed E-state index contributed by atoms with van der Waals surface area (Å²) in [6, 6.07) is 0.569. The van der Waals surface area contributed by atoms with Gasteiger partial charge in [0.1, 0.15) is 0 Å². The summed E-state index contributed by atoms with van der Waals surface area (Å²) in [6.45, 7) is 8.84. The zero-order chi connectivity index (χ0) is 14.0. The van der Waals surface area contributed by atoms with Crippen LogP contribution in [0.2, 0.25) is 0 Å². The van der Waals surface area contributed by atoms with Crippen molar-refractivity contribution in [2.75, 3.05) is 26.2 Å². The number of rotatable bonds is 1. The predicted molar refractivity (Wildman–Crippen MR) is 73.6 cm³/mol. The molecular formula is C14H25N3O2. The van der Waals surface area contributed by atoms with E-state index >= 15 is 0 Å². The minimum atomic E-state index is -0.00889. The largest absolute Gasteiger partial charge is 0.342 e. The molecule has 3 unspecified atom stereocenters. The number of carbonyl (C=O) groups is 2. The lowest BCUT2D eigenvalue weighted by molar-refractivity contribution is -0.143. The van der Waals surface area contributed by atoms with Crippen molar-refractivity contribution in [2.24, 2.45) is 5.92 Å². The van der Waals surface area contributed by atoms with Gasteiger partial charge in [0.15, 0.2) is 0 Å². The Morgan fingerprint density at radius 2 is 1.95 bits per heavy atom. The van der Waals surface area contributed by atoms with Crippen LogP contribution in [0.25, 0.3) is 0 Å². The van der Waals surface area contributed by atoms with Gasteiger partial charge in [0.2, 0.25) is 11.8 Å². The first-order valence-electron chi connectivity index (χ1n) is 7.30. The van der Waals surface area contributed by atoms with Crippen LogP contribution in [0.3, 0.4) is 0 Å². The van der Waals surface area contributed by atoms with Gasteiger partial charge in [-0.05, 0) is 26.7 Å². The first-order valence-corrected chi connectivity index (χ1v) is 7.30. The lowest BCUT2D eigenvalue weighted by Crippen LogP contribution is -2.59. The summed E-state index contributed by atoms with van der Waals surface area (Å²) in [5.41, 5.74) is 0. The molecule has 2 fully saturated rings. The summed E-state index contributed by atoms with van der Waals surface area (Å²) < 4.78 is 0. The molecule has 2 aliphatic rings. The Hall–Kier alpha value is -1.10. The van der Waals surface area contributed by atoms with Crippen LogP contribution in [0.15, 0.2) is 0 Å². The Morgan fingerprint density at radius 1 is 1.21 bits per heavy atom. The van der Waals surface area contributed by atoms with E-state index in [1.165, 1.54) is 0 Å². The van der Waals surface area contributed by atoms with E-state index in [1.807, 2.05) is 9.80 Å². The highest BCUT2D eigenvalue weighted by atomic mass is 16.2. The predicted octanol–water partition coefficient (Wildman–Crippen LogP) is 0.454. The maximum atomic E-state index is 12.6. The van der Waals surface area contributed by atoms with Crippen molar-refractivity contribution in [1.29, 1.82) is 0 Å². The normalized spacial score (nSPS) is 32.3. The third kappa shape index (κ3) is 3.08. The Balaban J connectivity index is 2.00. The molecule has 108 valence electrons. The van der Waals surface area contributed by atoms with Crippen LogP contribution in [0, 0.1) is 5.92 Å². The molecule has 0 spiro atoms. The molecule has 0 aliphatic carbocycles. The number of nitrogens with one attached hydrogen (secondary N) is 1. The highest BCUT2D eigenvalue weighted by molar-refractivity contribution is 5.81. The molecule has 1 N–H and O–H groups in total. The minimum absolute atomic E-state index is 0.00889. The molecule has 19 heavy (non-hydrogen) atoms. The van der Waals surface area contributed by atoms with Crippen molar-refractivity contribution < 1.29 is 9.59 Å². The fourth-order valence-electron chi connectivity index (χ4n) is 3.07. The van der Waals surface area contributed by atoms with E-state index in [-0.39, 0.29) is 23.8 Å². The molecule has 3 atom stereocenters. The Kier molecular flexibility index (Phi) is 4.45. The SMILES string of the molecule is CC(=O)N1CCCC(C(=O)N2CCNC(C)C2C)C1. The maximum absolute atomic E-state index is 12.6. The molecule has 0 aromatic heterocycles. The van der Waals surface area contributed by atoms with E-state index in [4.69, 9.17) is 0 Å². The van der Waals surface area contributed by atoms with E-state index in [2.05, 4.69) is 19.2 Å². The molecule has 2 saturated heterocycles. The number of amides is 2. The topological polar surface area (TPSA) is 52.7 Å². The zero-order valence-corrected chi connectivity index (χ0v) is 12.2. The van der Waals surface area contributed by atoms with Crippen molar-refractivity contribution in [3.05, 3.63) is 0 Å². The average Bonchev–Trinajstić information content (AvgIpc) is 2.41. The Bertz CT molecular complexity index is 359. The summed E-state index contributed by atoms with van der Waals surface area (Å²) >= 11 is 0. The molecular weight excluding hydrogens is 242 g/mol. The highest BCUT2D eigenvalue weighted by Crippen LogP contribution is 2.21. The van der Waals surface area contributed by atoms with Gasteiger partial charge in [-0.1, -0.05) is 0 Å².